The first-order chi connectivity index (χ1) is 13.2. The molecule has 1 N–H and O–H groups in total. The van der Waals surface area contributed by atoms with E-state index in [0.29, 0.717) is 19.0 Å². The van der Waals surface area contributed by atoms with E-state index in [1.54, 1.807) is 18.2 Å². The number of hydrogen-bond acceptors (Lipinski definition) is 5. The standard InChI is InChI=1S/C23H30O5/c1-5-6-7-8-9-11-19(26)28-18-14-17(15-24)23(27,16-25)22(4)13-10-12-21(2,3)20(18)22/h5-9,11,14-16,18,20,27H,10,12-13H2,1-4H3/b6-5+,8-7+,11-9+. The summed E-state index contributed by atoms with van der Waals surface area (Å²) in [6.45, 7) is 7.82. The predicted octanol–water partition coefficient (Wildman–Crippen LogP) is 3.49. The highest BCUT2D eigenvalue weighted by Gasteiger charge is 2.64. The number of rotatable bonds is 6. The van der Waals surface area contributed by atoms with Crippen molar-refractivity contribution in [1.82, 2.24) is 0 Å². The largest absolute Gasteiger partial charge is 0.455 e. The molecule has 0 aromatic carbocycles. The third-order valence-corrected chi connectivity index (χ3v) is 6.34. The molecule has 152 valence electrons. The zero-order chi connectivity index (χ0) is 21.0. The first-order valence-electron chi connectivity index (χ1n) is 9.69. The molecule has 0 amide bonds. The normalized spacial score (nSPS) is 35.0. The van der Waals surface area contributed by atoms with E-state index >= 15 is 0 Å². The zero-order valence-corrected chi connectivity index (χ0v) is 17.1. The van der Waals surface area contributed by atoms with Crippen molar-refractivity contribution in [3.63, 3.8) is 0 Å². The zero-order valence-electron chi connectivity index (χ0n) is 17.1. The maximum Gasteiger partial charge on any atom is 0.331 e. The molecule has 2 aliphatic carbocycles. The maximum absolute atomic E-state index is 12.3. The number of hydrogen-bond donors (Lipinski definition) is 1. The van der Waals surface area contributed by atoms with E-state index in [9.17, 15) is 19.5 Å². The Balaban J connectivity index is 2.41. The second-order valence-corrected chi connectivity index (χ2v) is 8.53. The quantitative estimate of drug-likeness (QED) is 0.327. The van der Waals surface area contributed by atoms with Crippen LogP contribution in [0.4, 0.5) is 0 Å². The smallest absolute Gasteiger partial charge is 0.331 e. The van der Waals surface area contributed by atoms with Gasteiger partial charge in [0.05, 0.1) is 0 Å². The third kappa shape index (κ3) is 3.81. The van der Waals surface area contributed by atoms with Crippen molar-refractivity contribution in [2.24, 2.45) is 16.7 Å². The van der Waals surface area contributed by atoms with Gasteiger partial charge in [-0.15, -0.1) is 0 Å². The van der Waals surface area contributed by atoms with Gasteiger partial charge in [-0.1, -0.05) is 57.6 Å². The van der Waals surface area contributed by atoms with Crippen LogP contribution in [0.2, 0.25) is 0 Å². The van der Waals surface area contributed by atoms with Gasteiger partial charge in [-0.05, 0) is 31.3 Å². The summed E-state index contributed by atoms with van der Waals surface area (Å²) < 4.78 is 5.70. The molecular formula is C23H30O5. The Morgan fingerprint density at radius 3 is 2.43 bits per heavy atom. The number of aliphatic hydroxyl groups is 1. The molecule has 2 aliphatic rings. The van der Waals surface area contributed by atoms with Crippen molar-refractivity contribution in [1.29, 1.82) is 0 Å². The Hall–Kier alpha value is -2.27. The molecule has 1 fully saturated rings. The van der Waals surface area contributed by atoms with Gasteiger partial charge in [0, 0.05) is 23.0 Å². The molecule has 0 aromatic heterocycles. The summed E-state index contributed by atoms with van der Waals surface area (Å²) in [6, 6.07) is 0. The van der Waals surface area contributed by atoms with Gasteiger partial charge in [-0.25, -0.2) is 4.79 Å². The fourth-order valence-electron chi connectivity index (χ4n) is 5.03. The molecule has 1 saturated carbocycles. The molecule has 5 heteroatoms. The molecule has 4 atom stereocenters. The van der Waals surface area contributed by atoms with Gasteiger partial charge in [0.2, 0.25) is 0 Å². The molecule has 0 bridgehead atoms. The third-order valence-electron chi connectivity index (χ3n) is 6.34. The summed E-state index contributed by atoms with van der Waals surface area (Å²) in [5.41, 5.74) is -3.10. The topological polar surface area (TPSA) is 80.7 Å². The Labute approximate surface area is 166 Å². The minimum Gasteiger partial charge on any atom is -0.455 e. The van der Waals surface area contributed by atoms with E-state index in [-0.39, 0.29) is 16.9 Å². The van der Waals surface area contributed by atoms with Crippen LogP contribution < -0.4 is 0 Å². The number of carbonyl (C=O) groups is 3. The number of fused-ring (bicyclic) bond motifs is 1. The lowest BCUT2D eigenvalue weighted by atomic mass is 9.46. The van der Waals surface area contributed by atoms with Crippen molar-refractivity contribution in [2.45, 2.75) is 58.7 Å². The average Bonchev–Trinajstić information content (AvgIpc) is 2.63. The molecule has 0 radical (unpaired) electrons. The average molecular weight is 386 g/mol. The number of ether oxygens (including phenoxy) is 1. The van der Waals surface area contributed by atoms with Crippen molar-refractivity contribution in [3.8, 4) is 0 Å². The number of esters is 1. The lowest BCUT2D eigenvalue weighted by Gasteiger charge is -2.59. The van der Waals surface area contributed by atoms with E-state index in [4.69, 9.17) is 4.74 Å². The fraction of sp³-hybridized carbons (Fsp3) is 0.522. The van der Waals surface area contributed by atoms with Crippen LogP contribution in [0.15, 0.2) is 48.1 Å². The minimum atomic E-state index is -1.88. The van der Waals surface area contributed by atoms with Crippen molar-refractivity contribution in [3.05, 3.63) is 48.1 Å². The van der Waals surface area contributed by atoms with Crippen LogP contribution in [0.25, 0.3) is 0 Å². The SMILES string of the molecule is C/C=C/C=C/C=C/C(=O)OC1C=C(C=O)C(O)(C=O)C2(C)CCCC(C)(C)C12. The molecule has 2 rings (SSSR count). The first kappa shape index (κ1) is 22.0. The molecule has 28 heavy (non-hydrogen) atoms. The van der Waals surface area contributed by atoms with E-state index < -0.39 is 23.1 Å². The van der Waals surface area contributed by atoms with E-state index in [2.05, 4.69) is 13.8 Å². The van der Waals surface area contributed by atoms with Gasteiger partial charge in [0.25, 0.3) is 0 Å². The van der Waals surface area contributed by atoms with Crippen molar-refractivity contribution < 1.29 is 24.2 Å². The van der Waals surface area contributed by atoms with Crippen LogP contribution in [0, 0.1) is 16.7 Å². The first-order valence-corrected chi connectivity index (χ1v) is 9.69. The second kappa shape index (κ2) is 8.39. The summed E-state index contributed by atoms with van der Waals surface area (Å²) in [5.74, 6) is -0.833. The molecule has 0 heterocycles. The monoisotopic (exact) mass is 386 g/mol. The number of carbonyl (C=O) groups excluding carboxylic acids is 3. The van der Waals surface area contributed by atoms with Crippen LogP contribution in [0.5, 0.6) is 0 Å². The fourth-order valence-corrected chi connectivity index (χ4v) is 5.03. The lowest BCUT2D eigenvalue weighted by Crippen LogP contribution is -2.64. The highest BCUT2D eigenvalue weighted by molar-refractivity contribution is 5.89. The summed E-state index contributed by atoms with van der Waals surface area (Å²) in [5, 5.41) is 11.2. The van der Waals surface area contributed by atoms with Gasteiger partial charge in [0.1, 0.15) is 12.4 Å². The molecule has 0 aliphatic heterocycles. The van der Waals surface area contributed by atoms with Crippen LogP contribution in [-0.2, 0) is 19.1 Å². The minimum absolute atomic E-state index is 0.0336. The van der Waals surface area contributed by atoms with E-state index in [1.165, 1.54) is 12.2 Å². The summed E-state index contributed by atoms with van der Waals surface area (Å²) in [4.78, 5) is 35.9. The Morgan fingerprint density at radius 2 is 1.82 bits per heavy atom. The second-order valence-electron chi connectivity index (χ2n) is 8.53. The Morgan fingerprint density at radius 1 is 1.14 bits per heavy atom. The van der Waals surface area contributed by atoms with Gasteiger partial charge >= 0.3 is 5.97 Å². The van der Waals surface area contributed by atoms with Crippen LogP contribution in [0.1, 0.15) is 47.0 Å². The van der Waals surface area contributed by atoms with Gasteiger partial charge in [0.15, 0.2) is 11.9 Å². The molecular weight excluding hydrogens is 356 g/mol. The molecule has 5 nitrogen and oxygen atoms in total. The lowest BCUT2D eigenvalue weighted by molar-refractivity contribution is -0.184. The van der Waals surface area contributed by atoms with E-state index in [1.807, 2.05) is 26.0 Å². The van der Waals surface area contributed by atoms with Crippen LogP contribution >= 0.6 is 0 Å². The number of aldehydes is 2. The van der Waals surface area contributed by atoms with Crippen molar-refractivity contribution in [2.75, 3.05) is 0 Å². The predicted molar refractivity (Wildman–Crippen MR) is 107 cm³/mol. The highest BCUT2D eigenvalue weighted by atomic mass is 16.5. The van der Waals surface area contributed by atoms with Crippen molar-refractivity contribution >= 4 is 18.5 Å². The summed E-state index contributed by atoms with van der Waals surface area (Å²) in [7, 11) is 0. The molecule has 0 spiro atoms. The molecule has 0 aromatic rings. The van der Waals surface area contributed by atoms with Gasteiger partial charge < -0.3 is 9.84 Å². The summed E-state index contributed by atoms with van der Waals surface area (Å²) >= 11 is 0. The number of allylic oxidation sites excluding steroid dienone is 5. The summed E-state index contributed by atoms with van der Waals surface area (Å²) in [6.07, 6.45) is 14.1. The Kier molecular flexibility index (Phi) is 6.60. The molecule has 0 saturated heterocycles. The highest BCUT2D eigenvalue weighted by Crippen LogP contribution is 2.60. The van der Waals surface area contributed by atoms with Gasteiger partial charge in [-0.3, -0.25) is 9.59 Å². The van der Waals surface area contributed by atoms with Gasteiger partial charge in [-0.2, -0.15) is 0 Å². The maximum atomic E-state index is 12.3. The van der Waals surface area contributed by atoms with E-state index in [0.717, 1.165) is 12.8 Å². The van der Waals surface area contributed by atoms with Crippen LogP contribution in [-0.4, -0.2) is 35.4 Å². The molecule has 4 unspecified atom stereocenters. The Bertz CT molecular complexity index is 742. The van der Waals surface area contributed by atoms with Crippen LogP contribution in [0.3, 0.4) is 0 Å².